The number of fused-ring (bicyclic) bond motifs is 6. The molecule has 2 aromatic carbocycles. The molecule has 3 saturated heterocycles. The van der Waals surface area contributed by atoms with E-state index in [1.165, 1.54) is 32.4 Å². The van der Waals surface area contributed by atoms with Crippen molar-refractivity contribution in [1.29, 1.82) is 0 Å². The van der Waals surface area contributed by atoms with Gasteiger partial charge in [-0.3, -0.25) is 19.3 Å². The van der Waals surface area contributed by atoms with Crippen LogP contribution in [0.4, 0.5) is 0 Å². The predicted molar refractivity (Wildman–Crippen MR) is 151 cm³/mol. The maximum absolute atomic E-state index is 13.9. The third kappa shape index (κ3) is 4.39. The molecule has 0 bridgehead atoms. The molecule has 45 heavy (non-hydrogen) atoms. The quantitative estimate of drug-likeness (QED) is 0.248. The van der Waals surface area contributed by atoms with Crippen LogP contribution in [0.25, 0.3) is 0 Å². The van der Waals surface area contributed by atoms with Crippen molar-refractivity contribution in [2.75, 3.05) is 27.3 Å². The number of aliphatic hydroxyl groups is 2. The van der Waals surface area contributed by atoms with Gasteiger partial charge in [-0.05, 0) is 13.0 Å². The van der Waals surface area contributed by atoms with E-state index in [0.29, 0.717) is 13.2 Å². The predicted octanol–water partition coefficient (Wildman–Crippen LogP) is 0.242. The monoisotopic (exact) mass is 626 g/mol. The average molecular weight is 627 g/mol. The van der Waals surface area contributed by atoms with Crippen LogP contribution >= 0.6 is 0 Å². The minimum atomic E-state index is -2.11. The van der Waals surface area contributed by atoms with Crippen LogP contribution in [0.1, 0.15) is 68.8 Å². The summed E-state index contributed by atoms with van der Waals surface area (Å²) in [6, 6.07) is 4.24. The van der Waals surface area contributed by atoms with Gasteiger partial charge >= 0.3 is 0 Å². The third-order valence-electron chi connectivity index (χ3n) is 9.62. The number of amides is 1. The highest BCUT2D eigenvalue weighted by molar-refractivity contribution is 6.31. The van der Waals surface area contributed by atoms with Crippen LogP contribution < -0.4 is 10.1 Å². The van der Waals surface area contributed by atoms with Crippen LogP contribution in [-0.2, 0) is 30.2 Å². The number of hydrogen-bond donors (Lipinski definition) is 5. The van der Waals surface area contributed by atoms with Gasteiger partial charge in [0.05, 0.1) is 42.6 Å². The molecule has 1 unspecified atom stereocenters. The van der Waals surface area contributed by atoms with E-state index in [1.807, 2.05) is 4.90 Å². The Balaban J connectivity index is 1.31. The molecule has 2 aromatic rings. The second-order valence-electron chi connectivity index (χ2n) is 12.1. The Morgan fingerprint density at radius 1 is 1.11 bits per heavy atom. The molecule has 5 N–H and O–H groups in total. The molecule has 3 heterocycles. The number of ether oxygens (including phenoxy) is 5. The van der Waals surface area contributed by atoms with Gasteiger partial charge in [0, 0.05) is 55.6 Å². The summed E-state index contributed by atoms with van der Waals surface area (Å²) in [6.07, 6.45) is -5.44. The zero-order valence-electron chi connectivity index (χ0n) is 24.8. The number of aliphatic hydroxyl groups excluding tert-OH is 1. The lowest BCUT2D eigenvalue weighted by atomic mass is 9.72. The first-order chi connectivity index (χ1) is 21.5. The lowest BCUT2D eigenvalue weighted by Crippen LogP contribution is -2.55. The number of carbonyl (C=O) groups is 3. The van der Waals surface area contributed by atoms with Crippen molar-refractivity contribution < 1.29 is 58.5 Å². The Kier molecular flexibility index (Phi) is 7.16. The van der Waals surface area contributed by atoms with Gasteiger partial charge in [0.1, 0.15) is 29.0 Å². The van der Waals surface area contributed by atoms with Crippen LogP contribution in [-0.4, -0.2) is 113 Å². The minimum Gasteiger partial charge on any atom is -0.507 e. The smallest absolute Gasteiger partial charge is 0.252 e. The van der Waals surface area contributed by atoms with Crippen LogP contribution in [0.3, 0.4) is 0 Å². The molecule has 0 radical (unpaired) electrons. The molecule has 0 spiro atoms. The maximum Gasteiger partial charge on any atom is 0.252 e. The Hall–Kier alpha value is -3.63. The number of nitrogens with one attached hydrogen (secondary N) is 1. The highest BCUT2D eigenvalue weighted by atomic mass is 16.7. The van der Waals surface area contributed by atoms with Gasteiger partial charge in [0.25, 0.3) is 5.91 Å². The molecule has 8 atom stereocenters. The molecule has 0 aromatic heterocycles. The number of phenols is 2. The SMILES string of the molecule is CNC(=O)[C@]1(O)Cc2c(O)c3c(c(O)c2[C@@H](O[C@H]2CC4[C@H](O[C@@H]5[C@@H](O)OCCN45)[C@H](C)O2)C1)C(=O)c1c(OC)cccc1C3=O. The van der Waals surface area contributed by atoms with E-state index in [-0.39, 0.29) is 46.9 Å². The summed E-state index contributed by atoms with van der Waals surface area (Å²) in [7, 11) is 2.70. The van der Waals surface area contributed by atoms with E-state index in [4.69, 9.17) is 23.7 Å². The van der Waals surface area contributed by atoms with Gasteiger partial charge in [0.15, 0.2) is 24.6 Å². The topological polar surface area (TPSA) is 194 Å². The van der Waals surface area contributed by atoms with Crippen molar-refractivity contribution in [3.8, 4) is 17.2 Å². The molecular formula is C31H34N2O12. The maximum atomic E-state index is 13.9. The van der Waals surface area contributed by atoms with Crippen molar-refractivity contribution in [3.63, 3.8) is 0 Å². The van der Waals surface area contributed by atoms with Gasteiger partial charge in [-0.1, -0.05) is 12.1 Å². The van der Waals surface area contributed by atoms with Crippen molar-refractivity contribution in [2.24, 2.45) is 0 Å². The van der Waals surface area contributed by atoms with E-state index in [9.17, 15) is 34.8 Å². The number of likely N-dealkylation sites (N-methyl/N-ethyl adjacent to an activating group) is 1. The molecule has 14 heteroatoms. The van der Waals surface area contributed by atoms with Crippen molar-refractivity contribution in [1.82, 2.24) is 10.2 Å². The number of morpholine rings is 1. The first-order valence-electron chi connectivity index (χ1n) is 14.8. The van der Waals surface area contributed by atoms with E-state index in [2.05, 4.69) is 5.32 Å². The summed E-state index contributed by atoms with van der Waals surface area (Å²) in [5, 5.41) is 47.6. The summed E-state index contributed by atoms with van der Waals surface area (Å²) < 4.78 is 29.3. The van der Waals surface area contributed by atoms with Crippen molar-refractivity contribution >= 4 is 17.5 Å². The fourth-order valence-corrected chi connectivity index (χ4v) is 7.57. The molecule has 2 aliphatic carbocycles. The molecule has 5 aliphatic rings. The second kappa shape index (κ2) is 10.7. The number of aromatic hydroxyl groups is 2. The summed E-state index contributed by atoms with van der Waals surface area (Å²) in [5.41, 5.74) is -3.14. The molecule has 1 amide bonds. The van der Waals surface area contributed by atoms with Gasteiger partial charge in [-0.15, -0.1) is 0 Å². The van der Waals surface area contributed by atoms with Crippen molar-refractivity contribution in [2.45, 2.75) is 74.9 Å². The normalized spacial score (nSPS) is 33.8. The average Bonchev–Trinajstić information content (AvgIpc) is 3.41. The molecule has 14 nitrogen and oxygen atoms in total. The van der Waals surface area contributed by atoms with Crippen LogP contribution in [0, 0.1) is 0 Å². The standard InChI is InChI=1S/C31H34N2O12/c1-12-27-15(33-7-8-42-29(38)28(33)45-27)9-18(43-12)44-17-11-31(40,30(39)32-2)10-14-20(17)26(37)22-21(24(14)35)23(34)13-5-4-6-16(41-3)19(13)25(22)36/h4-6,12,15,17-18,27-29,35,37-38,40H,7-11H2,1-3H3,(H,32,39)/t12-,15?,17-,18-,27+,28+,29-,31-/m0/s1. The first kappa shape index (κ1) is 30.0. The van der Waals surface area contributed by atoms with Crippen LogP contribution in [0.2, 0.25) is 0 Å². The largest absolute Gasteiger partial charge is 0.507 e. The number of ketones is 2. The lowest BCUT2D eigenvalue weighted by molar-refractivity contribution is -0.252. The van der Waals surface area contributed by atoms with E-state index in [1.54, 1.807) is 6.92 Å². The highest BCUT2D eigenvalue weighted by Gasteiger charge is 2.55. The van der Waals surface area contributed by atoms with E-state index < -0.39 is 89.2 Å². The number of benzene rings is 2. The van der Waals surface area contributed by atoms with Gasteiger partial charge in [-0.2, -0.15) is 0 Å². The molecule has 240 valence electrons. The second-order valence-corrected chi connectivity index (χ2v) is 12.1. The third-order valence-corrected chi connectivity index (χ3v) is 9.62. The number of hydrogen-bond acceptors (Lipinski definition) is 13. The summed E-state index contributed by atoms with van der Waals surface area (Å²) >= 11 is 0. The number of nitrogens with zero attached hydrogens (tertiary/aromatic N) is 1. The summed E-state index contributed by atoms with van der Waals surface area (Å²) in [5.74, 6) is -3.32. The number of methoxy groups -OCH3 is 1. The Bertz CT molecular complexity index is 1610. The van der Waals surface area contributed by atoms with Crippen LogP contribution in [0.5, 0.6) is 17.2 Å². The Morgan fingerprint density at radius 3 is 2.60 bits per heavy atom. The molecule has 0 saturated carbocycles. The van der Waals surface area contributed by atoms with Gasteiger partial charge in [0.2, 0.25) is 5.78 Å². The molecule has 7 rings (SSSR count). The molecular weight excluding hydrogens is 592 g/mol. The lowest BCUT2D eigenvalue weighted by Gasteiger charge is -2.43. The Labute approximate surface area is 257 Å². The zero-order chi connectivity index (χ0) is 31.9. The fraction of sp³-hybridized carbons (Fsp3) is 0.516. The van der Waals surface area contributed by atoms with E-state index in [0.717, 1.165) is 0 Å². The summed E-state index contributed by atoms with van der Waals surface area (Å²) in [4.78, 5) is 42.5. The Morgan fingerprint density at radius 2 is 1.87 bits per heavy atom. The number of phenolic OH excluding ortho intramolecular Hbond substituents is 2. The van der Waals surface area contributed by atoms with Crippen LogP contribution in [0.15, 0.2) is 18.2 Å². The minimum absolute atomic E-state index is 0.0175. The fourth-order valence-electron chi connectivity index (χ4n) is 7.57. The molecule has 3 fully saturated rings. The highest BCUT2D eigenvalue weighted by Crippen LogP contribution is 2.52. The van der Waals surface area contributed by atoms with E-state index >= 15 is 0 Å². The van der Waals surface area contributed by atoms with Crippen molar-refractivity contribution in [3.05, 3.63) is 51.6 Å². The summed E-state index contributed by atoms with van der Waals surface area (Å²) in [6.45, 7) is 2.61. The first-order valence-corrected chi connectivity index (χ1v) is 14.8. The zero-order valence-corrected chi connectivity index (χ0v) is 24.8. The number of rotatable bonds is 4. The molecule has 3 aliphatic heterocycles. The van der Waals surface area contributed by atoms with Gasteiger partial charge < -0.3 is 49.4 Å². The number of carbonyl (C=O) groups excluding carboxylic acids is 3. The van der Waals surface area contributed by atoms with Gasteiger partial charge in [-0.25, -0.2) is 0 Å².